The van der Waals surface area contributed by atoms with Gasteiger partial charge in [0.25, 0.3) is 0 Å². The van der Waals surface area contributed by atoms with Crippen LogP contribution < -0.4 is 4.74 Å². The molecule has 1 rings (SSSR count). The number of carbonyl (C=O) groups is 1. The van der Waals surface area contributed by atoms with Crippen molar-refractivity contribution in [2.24, 2.45) is 0 Å². The molecule has 0 saturated heterocycles. The normalized spacial score (nSPS) is 10.6. The van der Waals surface area contributed by atoms with Crippen LogP contribution in [0, 0.1) is 0 Å². The maximum absolute atomic E-state index is 11.8. The summed E-state index contributed by atoms with van der Waals surface area (Å²) in [6, 6.07) is 0. The van der Waals surface area contributed by atoms with Gasteiger partial charge in [-0.25, -0.2) is 0 Å². The first-order chi connectivity index (χ1) is 12.2. The van der Waals surface area contributed by atoms with E-state index in [-0.39, 0.29) is 49.8 Å². The van der Waals surface area contributed by atoms with Gasteiger partial charge in [0.15, 0.2) is 5.75 Å². The van der Waals surface area contributed by atoms with Crippen LogP contribution in [0.3, 0.4) is 0 Å². The first kappa shape index (κ1) is 24.2. The van der Waals surface area contributed by atoms with Crippen LogP contribution in [0.5, 0.6) is 5.75 Å². The second kappa shape index (κ2) is 11.9. The van der Waals surface area contributed by atoms with Gasteiger partial charge in [-0.2, -0.15) is 0 Å². The summed E-state index contributed by atoms with van der Waals surface area (Å²) in [5, 5.41) is 0.199. The number of nitrogens with zero attached hydrogens (tertiary/aromatic N) is 1. The molecule has 1 aromatic carbocycles. The first-order valence-corrected chi connectivity index (χ1v) is 10.7. The fourth-order valence-corrected chi connectivity index (χ4v) is 4.18. The zero-order chi connectivity index (χ0) is 19.9. The smallest absolute Gasteiger partial charge is 0.316 e. The van der Waals surface area contributed by atoms with Gasteiger partial charge >= 0.3 is 5.97 Å². The van der Waals surface area contributed by atoms with E-state index in [0.29, 0.717) is 4.32 Å². The van der Waals surface area contributed by atoms with Crippen molar-refractivity contribution in [3.05, 3.63) is 25.1 Å². The number of thioether (sulfide) groups is 1. The lowest BCUT2D eigenvalue weighted by molar-refractivity contribution is -0.141. The summed E-state index contributed by atoms with van der Waals surface area (Å²) >= 11 is 36.4. The lowest BCUT2D eigenvalue weighted by atomic mass is 10.3. The third-order valence-corrected chi connectivity index (χ3v) is 6.84. The number of halogens is 5. The highest BCUT2D eigenvalue weighted by Gasteiger charge is 2.20. The second-order valence-corrected chi connectivity index (χ2v) is 8.19. The van der Waals surface area contributed by atoms with Crippen LogP contribution in [-0.4, -0.2) is 47.2 Å². The van der Waals surface area contributed by atoms with Gasteiger partial charge in [-0.1, -0.05) is 82.0 Å². The molecule has 26 heavy (non-hydrogen) atoms. The largest absolute Gasteiger partial charge is 0.487 e. The fourth-order valence-electron chi connectivity index (χ4n) is 1.75. The highest BCUT2D eigenvalue weighted by molar-refractivity contribution is 8.23. The van der Waals surface area contributed by atoms with Gasteiger partial charge in [0.1, 0.15) is 27.6 Å². The summed E-state index contributed by atoms with van der Waals surface area (Å²) in [4.78, 5) is 13.7. The first-order valence-electron chi connectivity index (χ1n) is 7.46. The molecular weight excluding hydrogens is 484 g/mol. The summed E-state index contributed by atoms with van der Waals surface area (Å²) in [5.74, 6) is -0.200. The molecule has 0 aliphatic carbocycles. The van der Waals surface area contributed by atoms with Crippen molar-refractivity contribution in [2.75, 3.05) is 32.1 Å². The molecule has 0 aliphatic rings. The summed E-state index contributed by atoms with van der Waals surface area (Å²) < 4.78 is 11.2. The Kier molecular flexibility index (Phi) is 11.1. The number of benzene rings is 1. The topological polar surface area (TPSA) is 38.8 Å². The molecule has 1 aromatic rings. The van der Waals surface area contributed by atoms with Crippen molar-refractivity contribution in [3.63, 3.8) is 0 Å². The number of thiocarbonyl (C=S) groups is 1. The predicted octanol–water partition coefficient (Wildman–Crippen LogP) is 6.24. The molecule has 146 valence electrons. The van der Waals surface area contributed by atoms with E-state index < -0.39 is 5.97 Å². The van der Waals surface area contributed by atoms with E-state index in [1.54, 1.807) is 0 Å². The minimum absolute atomic E-state index is 0.00193. The molecule has 4 nitrogen and oxygen atoms in total. The third kappa shape index (κ3) is 6.66. The Morgan fingerprint density at radius 2 is 1.46 bits per heavy atom. The standard InChI is InChI=1S/C15H16Cl5NO3S2/c1-3-21(4-2)15(25)26-7-8(22)23-5-6-24-14-12(19)10(17)9(16)11(18)13(14)20/h3-7H2,1-2H3. The lowest BCUT2D eigenvalue weighted by Gasteiger charge is -2.20. The summed E-state index contributed by atoms with van der Waals surface area (Å²) in [7, 11) is 0. The molecule has 0 bridgehead atoms. The Morgan fingerprint density at radius 3 is 1.96 bits per heavy atom. The fraction of sp³-hybridized carbons (Fsp3) is 0.467. The van der Waals surface area contributed by atoms with Gasteiger partial charge in [-0.3, -0.25) is 4.79 Å². The number of ether oxygens (including phenoxy) is 2. The monoisotopic (exact) mass is 497 g/mol. The van der Waals surface area contributed by atoms with E-state index >= 15 is 0 Å². The quantitative estimate of drug-likeness (QED) is 0.139. The van der Waals surface area contributed by atoms with Crippen LogP contribution in [0.1, 0.15) is 13.8 Å². The number of hydrogen-bond donors (Lipinski definition) is 0. The lowest BCUT2D eigenvalue weighted by Crippen LogP contribution is -2.27. The second-order valence-electron chi connectivity index (χ2n) is 4.69. The highest BCUT2D eigenvalue weighted by atomic mass is 35.5. The zero-order valence-electron chi connectivity index (χ0n) is 13.9. The summed E-state index contributed by atoms with van der Waals surface area (Å²) in [6.45, 7) is 5.60. The van der Waals surface area contributed by atoms with Crippen molar-refractivity contribution < 1.29 is 14.3 Å². The van der Waals surface area contributed by atoms with Crippen LogP contribution in [0.2, 0.25) is 25.1 Å². The van der Waals surface area contributed by atoms with Crippen LogP contribution >= 0.6 is 82.0 Å². The van der Waals surface area contributed by atoms with Crippen molar-refractivity contribution in [2.45, 2.75) is 13.8 Å². The molecule has 0 atom stereocenters. The summed E-state index contributed by atoms with van der Waals surface area (Å²) in [5.41, 5.74) is 0. The molecule has 0 aliphatic heterocycles. The Labute approximate surface area is 187 Å². The van der Waals surface area contributed by atoms with E-state index in [9.17, 15) is 4.79 Å². The molecular formula is C15H16Cl5NO3S2. The Morgan fingerprint density at radius 1 is 0.962 bits per heavy atom. The molecule has 0 amide bonds. The van der Waals surface area contributed by atoms with Gasteiger partial charge < -0.3 is 14.4 Å². The van der Waals surface area contributed by atoms with Crippen molar-refractivity contribution in [1.29, 1.82) is 0 Å². The van der Waals surface area contributed by atoms with Crippen molar-refractivity contribution in [1.82, 2.24) is 4.90 Å². The number of rotatable bonds is 8. The van der Waals surface area contributed by atoms with E-state index in [1.165, 1.54) is 11.8 Å². The maximum Gasteiger partial charge on any atom is 0.316 e. The van der Waals surface area contributed by atoms with E-state index in [0.717, 1.165) is 13.1 Å². The molecule has 0 unspecified atom stereocenters. The number of carbonyl (C=O) groups excluding carboxylic acids is 1. The van der Waals surface area contributed by atoms with E-state index in [4.69, 9.17) is 79.7 Å². The van der Waals surface area contributed by atoms with Crippen molar-refractivity contribution >= 4 is 92.3 Å². The van der Waals surface area contributed by atoms with Crippen LogP contribution in [0.4, 0.5) is 0 Å². The maximum atomic E-state index is 11.8. The van der Waals surface area contributed by atoms with Crippen LogP contribution in [0.15, 0.2) is 0 Å². The van der Waals surface area contributed by atoms with Gasteiger partial charge in [0.2, 0.25) is 0 Å². The average molecular weight is 500 g/mol. The Bertz CT molecular complexity index is 642. The Balaban J connectivity index is 2.46. The predicted molar refractivity (Wildman–Crippen MR) is 116 cm³/mol. The molecule has 11 heteroatoms. The highest BCUT2D eigenvalue weighted by Crippen LogP contribution is 2.48. The minimum Gasteiger partial charge on any atom is -0.487 e. The van der Waals surface area contributed by atoms with Gasteiger partial charge in [0, 0.05) is 13.1 Å². The van der Waals surface area contributed by atoms with Gasteiger partial charge in [0.05, 0.1) is 20.8 Å². The average Bonchev–Trinajstić information content (AvgIpc) is 2.63. The molecule has 0 heterocycles. The SMILES string of the molecule is CCN(CC)C(=S)SCC(=O)OCCOc1c(Cl)c(Cl)c(Cl)c(Cl)c1Cl. The minimum atomic E-state index is -0.405. The van der Waals surface area contributed by atoms with E-state index in [2.05, 4.69) is 0 Å². The van der Waals surface area contributed by atoms with Crippen LogP contribution in [-0.2, 0) is 9.53 Å². The van der Waals surface area contributed by atoms with Gasteiger partial charge in [-0.15, -0.1) is 0 Å². The molecule has 0 N–H and O–H groups in total. The Hall–Kier alpha value is 0.180. The van der Waals surface area contributed by atoms with Crippen LogP contribution in [0.25, 0.3) is 0 Å². The van der Waals surface area contributed by atoms with E-state index in [1.807, 2.05) is 18.7 Å². The van der Waals surface area contributed by atoms with Gasteiger partial charge in [-0.05, 0) is 13.8 Å². The molecule has 0 spiro atoms. The zero-order valence-corrected chi connectivity index (χ0v) is 19.3. The molecule has 0 fully saturated rings. The van der Waals surface area contributed by atoms with Crippen molar-refractivity contribution in [3.8, 4) is 5.75 Å². The molecule has 0 radical (unpaired) electrons. The molecule has 0 saturated carbocycles. The third-order valence-electron chi connectivity index (χ3n) is 3.10. The number of hydrogen-bond acceptors (Lipinski definition) is 5. The number of esters is 1. The summed E-state index contributed by atoms with van der Waals surface area (Å²) in [6.07, 6.45) is 0. The molecule has 0 aromatic heterocycles.